The molecule has 1 atom stereocenters. The largest absolute Gasteiger partial charge is 0.340 e. The minimum Gasteiger partial charge on any atom is -0.340 e. The molecule has 4 rings (SSSR count). The molecule has 0 saturated heterocycles. The Balaban J connectivity index is 1.59. The number of nitrogens with one attached hydrogen (secondary N) is 2. The Hall–Kier alpha value is -3.43. The van der Waals surface area contributed by atoms with E-state index >= 15 is 0 Å². The van der Waals surface area contributed by atoms with Gasteiger partial charge in [0.1, 0.15) is 6.04 Å². The van der Waals surface area contributed by atoms with E-state index in [4.69, 9.17) is 4.98 Å². The standard InChI is InChI=1S/C25H25N5O2S2/c1-30-15-14-26-22(30)21-20(17-9-5-3-6-10-17)28-25(34-21)29-24(32)19(13-16-33-2)27-23(31)18-11-7-4-8-12-18/h3-12,14-15,19H,13,16H2,1-2H3,(H,27,31)(H,28,29,32). The van der Waals surface area contributed by atoms with Crippen molar-refractivity contribution in [1.29, 1.82) is 0 Å². The number of nitrogens with zero attached hydrogens (tertiary/aromatic N) is 3. The summed E-state index contributed by atoms with van der Waals surface area (Å²) in [6.07, 6.45) is 6.09. The Morgan fingerprint density at radius 3 is 2.44 bits per heavy atom. The maximum absolute atomic E-state index is 13.2. The predicted octanol–water partition coefficient (Wildman–Crippen LogP) is 4.70. The van der Waals surface area contributed by atoms with Crippen molar-refractivity contribution in [1.82, 2.24) is 19.9 Å². The fourth-order valence-corrected chi connectivity index (χ4v) is 4.93. The van der Waals surface area contributed by atoms with Gasteiger partial charge in [-0.05, 0) is 30.6 Å². The Labute approximate surface area is 206 Å². The van der Waals surface area contributed by atoms with Crippen molar-refractivity contribution in [3.63, 3.8) is 0 Å². The third-order valence-corrected chi connectivity index (χ3v) is 6.81. The molecule has 0 aliphatic heterocycles. The average molecular weight is 492 g/mol. The van der Waals surface area contributed by atoms with Crippen LogP contribution in [0.3, 0.4) is 0 Å². The monoisotopic (exact) mass is 491 g/mol. The van der Waals surface area contributed by atoms with Crippen LogP contribution in [0.5, 0.6) is 0 Å². The zero-order chi connectivity index (χ0) is 23.9. The molecule has 2 amide bonds. The molecule has 0 spiro atoms. The van der Waals surface area contributed by atoms with Gasteiger partial charge in [0.25, 0.3) is 5.91 Å². The van der Waals surface area contributed by atoms with E-state index in [1.165, 1.54) is 11.3 Å². The van der Waals surface area contributed by atoms with Crippen molar-refractivity contribution >= 4 is 40.0 Å². The molecule has 2 aromatic heterocycles. The van der Waals surface area contributed by atoms with Crippen LogP contribution in [-0.2, 0) is 11.8 Å². The lowest BCUT2D eigenvalue weighted by atomic mass is 10.1. The summed E-state index contributed by atoms with van der Waals surface area (Å²) in [7, 11) is 1.92. The van der Waals surface area contributed by atoms with Crippen molar-refractivity contribution in [3.8, 4) is 22.0 Å². The number of hydrogen-bond acceptors (Lipinski definition) is 6. The SMILES string of the molecule is CSCCC(NC(=O)c1ccccc1)C(=O)Nc1nc(-c2ccccc2)c(-c2nccn2C)s1. The van der Waals surface area contributed by atoms with Gasteiger partial charge in [-0.3, -0.25) is 9.59 Å². The van der Waals surface area contributed by atoms with Gasteiger partial charge < -0.3 is 15.2 Å². The van der Waals surface area contributed by atoms with Gasteiger partial charge in [0.15, 0.2) is 11.0 Å². The second-order valence-corrected chi connectivity index (χ2v) is 9.57. The van der Waals surface area contributed by atoms with Gasteiger partial charge in [-0.2, -0.15) is 11.8 Å². The molecule has 4 aromatic rings. The van der Waals surface area contributed by atoms with Crippen molar-refractivity contribution in [2.45, 2.75) is 12.5 Å². The highest BCUT2D eigenvalue weighted by atomic mass is 32.2. The normalized spacial score (nSPS) is 11.7. The zero-order valence-electron chi connectivity index (χ0n) is 18.9. The summed E-state index contributed by atoms with van der Waals surface area (Å²) in [5.74, 6) is 0.935. The van der Waals surface area contributed by atoms with Crippen molar-refractivity contribution in [2.75, 3.05) is 17.3 Å². The maximum atomic E-state index is 13.2. The molecule has 0 aliphatic rings. The van der Waals surface area contributed by atoms with Crippen molar-refractivity contribution in [2.24, 2.45) is 7.05 Å². The third kappa shape index (κ3) is 5.55. The summed E-state index contributed by atoms with van der Waals surface area (Å²) in [5, 5.41) is 6.26. The van der Waals surface area contributed by atoms with Gasteiger partial charge >= 0.3 is 0 Å². The second-order valence-electron chi connectivity index (χ2n) is 7.59. The van der Waals surface area contributed by atoms with Crippen LogP contribution in [0.4, 0.5) is 5.13 Å². The quantitative estimate of drug-likeness (QED) is 0.354. The molecule has 7 nitrogen and oxygen atoms in total. The number of imidazole rings is 1. The van der Waals surface area contributed by atoms with Crippen LogP contribution in [0.1, 0.15) is 16.8 Å². The van der Waals surface area contributed by atoms with Crippen molar-refractivity contribution in [3.05, 3.63) is 78.6 Å². The first-order valence-corrected chi connectivity index (χ1v) is 13.0. The molecule has 1 unspecified atom stereocenters. The summed E-state index contributed by atoms with van der Waals surface area (Å²) in [6, 6.07) is 18.0. The van der Waals surface area contributed by atoms with Gasteiger partial charge in [0.2, 0.25) is 5.91 Å². The maximum Gasteiger partial charge on any atom is 0.251 e. The summed E-state index contributed by atoms with van der Waals surface area (Å²) < 4.78 is 1.92. The van der Waals surface area contributed by atoms with Crippen LogP contribution in [0.25, 0.3) is 22.0 Å². The number of benzene rings is 2. The van der Waals surface area contributed by atoms with Gasteiger partial charge in [-0.15, -0.1) is 0 Å². The third-order valence-electron chi connectivity index (χ3n) is 5.20. The molecule has 0 bridgehead atoms. The van der Waals surface area contributed by atoms with E-state index in [0.717, 1.165) is 27.7 Å². The van der Waals surface area contributed by atoms with Gasteiger partial charge in [0, 0.05) is 30.6 Å². The molecule has 2 N–H and O–H groups in total. The fourth-order valence-electron chi connectivity index (χ4n) is 3.43. The molecule has 2 aromatic carbocycles. The van der Waals surface area contributed by atoms with E-state index in [1.807, 2.05) is 60.5 Å². The van der Waals surface area contributed by atoms with Crippen LogP contribution >= 0.6 is 23.1 Å². The number of aryl methyl sites for hydroxylation is 1. The first kappa shape index (κ1) is 23.7. The highest BCUT2D eigenvalue weighted by molar-refractivity contribution is 7.98. The highest BCUT2D eigenvalue weighted by Gasteiger charge is 2.24. The first-order valence-electron chi connectivity index (χ1n) is 10.8. The van der Waals surface area contributed by atoms with E-state index in [-0.39, 0.29) is 11.8 Å². The highest BCUT2D eigenvalue weighted by Crippen LogP contribution is 2.38. The van der Waals surface area contributed by atoms with E-state index in [9.17, 15) is 9.59 Å². The van der Waals surface area contributed by atoms with Crippen LogP contribution in [0, 0.1) is 0 Å². The molecular weight excluding hydrogens is 466 g/mol. The molecule has 34 heavy (non-hydrogen) atoms. The molecule has 0 saturated carbocycles. The lowest BCUT2D eigenvalue weighted by molar-refractivity contribution is -0.118. The minimum absolute atomic E-state index is 0.278. The minimum atomic E-state index is -0.680. The van der Waals surface area contributed by atoms with Crippen LogP contribution in [0.2, 0.25) is 0 Å². The summed E-state index contributed by atoms with van der Waals surface area (Å²) in [6.45, 7) is 0. The van der Waals surface area contributed by atoms with E-state index in [2.05, 4.69) is 15.6 Å². The topological polar surface area (TPSA) is 88.9 Å². The Kier molecular flexibility index (Phi) is 7.76. The van der Waals surface area contributed by atoms with Crippen molar-refractivity contribution < 1.29 is 9.59 Å². The van der Waals surface area contributed by atoms with Crippen LogP contribution in [0.15, 0.2) is 73.1 Å². The number of amides is 2. The number of hydrogen-bond donors (Lipinski definition) is 2. The van der Waals surface area contributed by atoms with Gasteiger partial charge in [0.05, 0.1) is 10.6 Å². The number of aromatic nitrogens is 3. The number of rotatable bonds is 9. The van der Waals surface area contributed by atoms with E-state index in [0.29, 0.717) is 17.1 Å². The smallest absolute Gasteiger partial charge is 0.251 e. The average Bonchev–Trinajstić information content (AvgIpc) is 3.48. The molecule has 0 fully saturated rings. The summed E-state index contributed by atoms with van der Waals surface area (Å²) in [5.41, 5.74) is 2.21. The van der Waals surface area contributed by atoms with Gasteiger partial charge in [-0.25, -0.2) is 9.97 Å². The molecular formula is C25H25N5O2S2. The van der Waals surface area contributed by atoms with E-state index in [1.54, 1.807) is 42.2 Å². The number of thiazole rings is 1. The predicted molar refractivity (Wildman–Crippen MR) is 139 cm³/mol. The molecule has 0 aliphatic carbocycles. The zero-order valence-corrected chi connectivity index (χ0v) is 20.5. The molecule has 0 radical (unpaired) electrons. The second kappa shape index (κ2) is 11.1. The fraction of sp³-hybridized carbons (Fsp3) is 0.200. The molecule has 2 heterocycles. The number of carbonyl (C=O) groups excluding carboxylic acids is 2. The Bertz CT molecular complexity index is 1250. The Morgan fingerprint density at radius 1 is 1.09 bits per heavy atom. The molecule has 9 heteroatoms. The summed E-state index contributed by atoms with van der Waals surface area (Å²) >= 11 is 2.99. The lowest BCUT2D eigenvalue weighted by Crippen LogP contribution is -2.44. The van der Waals surface area contributed by atoms with Crippen LogP contribution < -0.4 is 10.6 Å². The van der Waals surface area contributed by atoms with Crippen LogP contribution in [-0.4, -0.2) is 44.4 Å². The van der Waals surface area contributed by atoms with E-state index < -0.39 is 6.04 Å². The van der Waals surface area contributed by atoms with Gasteiger partial charge in [-0.1, -0.05) is 59.9 Å². The molecule has 174 valence electrons. The number of anilines is 1. The lowest BCUT2D eigenvalue weighted by Gasteiger charge is -2.17. The summed E-state index contributed by atoms with van der Waals surface area (Å²) in [4.78, 5) is 36.0. The number of thioether (sulfide) groups is 1. The Morgan fingerprint density at radius 2 is 1.79 bits per heavy atom. The number of carbonyl (C=O) groups is 2. The first-order chi connectivity index (χ1) is 16.6.